The van der Waals surface area contributed by atoms with Gasteiger partial charge in [0.15, 0.2) is 6.61 Å². The van der Waals surface area contributed by atoms with Crippen molar-refractivity contribution in [2.45, 2.75) is 19.3 Å². The van der Waals surface area contributed by atoms with Crippen molar-refractivity contribution in [3.8, 4) is 0 Å². The van der Waals surface area contributed by atoms with E-state index in [9.17, 15) is 9.59 Å². The number of likely N-dealkylation sites (tertiary alicyclic amines) is 1. The molecule has 1 saturated heterocycles. The van der Waals surface area contributed by atoms with E-state index in [0.717, 1.165) is 32.4 Å². The van der Waals surface area contributed by atoms with Gasteiger partial charge in [-0.3, -0.25) is 4.79 Å². The van der Waals surface area contributed by atoms with Crippen molar-refractivity contribution in [1.82, 2.24) is 4.90 Å². The first-order valence-electron chi connectivity index (χ1n) is 6.58. The fourth-order valence-electron chi connectivity index (χ4n) is 2.12. The summed E-state index contributed by atoms with van der Waals surface area (Å²) in [4.78, 5) is 25.4. The lowest BCUT2D eigenvalue weighted by Crippen LogP contribution is -2.38. The zero-order chi connectivity index (χ0) is 14.5. The molecule has 20 heavy (non-hydrogen) atoms. The highest BCUT2D eigenvalue weighted by Crippen LogP contribution is 2.20. The molecule has 2 N–H and O–H groups in total. The van der Waals surface area contributed by atoms with Crippen LogP contribution < -0.4 is 5.73 Å². The van der Waals surface area contributed by atoms with Crippen LogP contribution in [0.25, 0.3) is 0 Å². The molecule has 1 amide bonds. The Morgan fingerprint density at radius 3 is 2.60 bits per heavy atom. The second-order valence-corrected chi connectivity index (χ2v) is 5.16. The van der Waals surface area contributed by atoms with Gasteiger partial charge in [-0.2, -0.15) is 0 Å². The minimum atomic E-state index is -0.571. The maximum atomic E-state index is 11.9. The van der Waals surface area contributed by atoms with E-state index in [1.165, 1.54) is 18.2 Å². The van der Waals surface area contributed by atoms with Crippen LogP contribution in [0, 0.1) is 0 Å². The van der Waals surface area contributed by atoms with Crippen LogP contribution >= 0.6 is 11.6 Å². The third-order valence-electron chi connectivity index (χ3n) is 3.27. The van der Waals surface area contributed by atoms with Gasteiger partial charge in [0, 0.05) is 13.1 Å². The molecule has 0 atom stereocenters. The van der Waals surface area contributed by atoms with Gasteiger partial charge in [0.2, 0.25) is 0 Å². The second kappa shape index (κ2) is 6.61. The number of ether oxygens (including phenoxy) is 1. The van der Waals surface area contributed by atoms with Gasteiger partial charge in [-0.25, -0.2) is 4.79 Å². The molecule has 0 radical (unpaired) electrons. The normalized spacial score (nSPS) is 14.9. The molecule has 0 aromatic heterocycles. The molecule has 108 valence electrons. The Balaban J connectivity index is 1.88. The molecule has 1 aliphatic heterocycles. The first-order chi connectivity index (χ1) is 9.58. The zero-order valence-corrected chi connectivity index (χ0v) is 11.9. The topological polar surface area (TPSA) is 72.6 Å². The molecule has 0 bridgehead atoms. The summed E-state index contributed by atoms with van der Waals surface area (Å²) in [5.74, 6) is -0.723. The molecule has 1 aliphatic rings. The number of nitrogen functional groups attached to an aromatic ring is 1. The molecule has 1 aromatic rings. The molecular formula is C14H17ClN2O3. The average Bonchev–Trinajstić information content (AvgIpc) is 2.48. The Kier molecular flexibility index (Phi) is 4.84. The number of hydrogen-bond acceptors (Lipinski definition) is 4. The second-order valence-electron chi connectivity index (χ2n) is 4.75. The number of carbonyl (C=O) groups is 2. The Morgan fingerprint density at radius 2 is 1.95 bits per heavy atom. The fourth-order valence-corrected chi connectivity index (χ4v) is 2.23. The van der Waals surface area contributed by atoms with E-state index >= 15 is 0 Å². The molecule has 2 rings (SSSR count). The van der Waals surface area contributed by atoms with Crippen molar-refractivity contribution < 1.29 is 14.3 Å². The quantitative estimate of drug-likeness (QED) is 0.685. The maximum Gasteiger partial charge on any atom is 0.338 e. The van der Waals surface area contributed by atoms with E-state index in [1.54, 1.807) is 4.90 Å². The number of esters is 1. The summed E-state index contributed by atoms with van der Waals surface area (Å²) < 4.78 is 5.01. The number of piperidine rings is 1. The van der Waals surface area contributed by atoms with E-state index in [2.05, 4.69) is 0 Å². The molecule has 1 aromatic carbocycles. The number of benzene rings is 1. The highest BCUT2D eigenvalue weighted by molar-refractivity contribution is 6.33. The number of nitrogens with two attached hydrogens (primary N) is 1. The van der Waals surface area contributed by atoms with Gasteiger partial charge in [-0.05, 0) is 37.5 Å². The highest BCUT2D eigenvalue weighted by Gasteiger charge is 2.18. The van der Waals surface area contributed by atoms with E-state index in [-0.39, 0.29) is 12.5 Å². The van der Waals surface area contributed by atoms with Crippen LogP contribution in [-0.2, 0) is 9.53 Å². The molecule has 1 fully saturated rings. The number of amides is 1. The monoisotopic (exact) mass is 296 g/mol. The average molecular weight is 297 g/mol. The Bertz CT molecular complexity index is 513. The van der Waals surface area contributed by atoms with E-state index in [4.69, 9.17) is 22.1 Å². The third-order valence-corrected chi connectivity index (χ3v) is 3.61. The SMILES string of the molecule is Nc1cc(C(=O)OCC(=O)N2CCCCC2)ccc1Cl. The summed E-state index contributed by atoms with van der Waals surface area (Å²) in [6.07, 6.45) is 3.16. The number of nitrogens with zero attached hydrogens (tertiary/aromatic N) is 1. The van der Waals surface area contributed by atoms with Gasteiger partial charge in [0.05, 0.1) is 16.3 Å². The van der Waals surface area contributed by atoms with Crippen molar-refractivity contribution in [1.29, 1.82) is 0 Å². The number of hydrogen-bond donors (Lipinski definition) is 1. The van der Waals surface area contributed by atoms with Gasteiger partial charge >= 0.3 is 5.97 Å². The van der Waals surface area contributed by atoms with Gasteiger partial charge in [0.25, 0.3) is 5.91 Å². The van der Waals surface area contributed by atoms with Crippen molar-refractivity contribution in [3.05, 3.63) is 28.8 Å². The summed E-state index contributed by atoms with van der Waals surface area (Å²) in [7, 11) is 0. The van der Waals surface area contributed by atoms with Crippen molar-refractivity contribution >= 4 is 29.2 Å². The van der Waals surface area contributed by atoms with E-state index < -0.39 is 5.97 Å². The third kappa shape index (κ3) is 3.63. The zero-order valence-electron chi connectivity index (χ0n) is 11.1. The first-order valence-corrected chi connectivity index (χ1v) is 6.95. The minimum absolute atomic E-state index is 0.153. The standard InChI is InChI=1S/C14H17ClN2O3/c15-11-5-4-10(8-12(11)16)14(19)20-9-13(18)17-6-2-1-3-7-17/h4-5,8H,1-3,6-7,9,16H2. The van der Waals surface area contributed by atoms with Gasteiger partial charge < -0.3 is 15.4 Å². The number of rotatable bonds is 3. The summed E-state index contributed by atoms with van der Waals surface area (Å²) in [6, 6.07) is 4.49. The van der Waals surface area contributed by atoms with Crippen LogP contribution in [0.1, 0.15) is 29.6 Å². The largest absolute Gasteiger partial charge is 0.452 e. The first kappa shape index (κ1) is 14.7. The van der Waals surface area contributed by atoms with Crippen LogP contribution in [0.5, 0.6) is 0 Å². The molecule has 5 nitrogen and oxygen atoms in total. The highest BCUT2D eigenvalue weighted by atomic mass is 35.5. The van der Waals surface area contributed by atoms with Crippen molar-refractivity contribution in [2.75, 3.05) is 25.4 Å². The van der Waals surface area contributed by atoms with E-state index in [1.807, 2.05) is 0 Å². The summed E-state index contributed by atoms with van der Waals surface area (Å²) in [6.45, 7) is 1.25. The smallest absolute Gasteiger partial charge is 0.338 e. The van der Waals surface area contributed by atoms with Gasteiger partial charge in [-0.15, -0.1) is 0 Å². The Hall–Kier alpha value is -1.75. The number of anilines is 1. The summed E-state index contributed by atoms with van der Waals surface area (Å²) >= 11 is 5.78. The summed E-state index contributed by atoms with van der Waals surface area (Å²) in [5, 5.41) is 0.381. The van der Waals surface area contributed by atoms with Gasteiger partial charge in [0.1, 0.15) is 0 Å². The van der Waals surface area contributed by atoms with Gasteiger partial charge in [-0.1, -0.05) is 11.6 Å². The van der Waals surface area contributed by atoms with E-state index in [0.29, 0.717) is 16.3 Å². The van der Waals surface area contributed by atoms with Crippen LogP contribution in [0.15, 0.2) is 18.2 Å². The number of carbonyl (C=O) groups excluding carboxylic acids is 2. The lowest BCUT2D eigenvalue weighted by atomic mass is 10.1. The van der Waals surface area contributed by atoms with Crippen LogP contribution in [0.4, 0.5) is 5.69 Å². The predicted octanol–water partition coefficient (Wildman–Crippen LogP) is 2.09. The molecule has 1 heterocycles. The molecule has 6 heteroatoms. The molecular weight excluding hydrogens is 280 g/mol. The van der Waals surface area contributed by atoms with Crippen LogP contribution in [-0.4, -0.2) is 36.5 Å². The Morgan fingerprint density at radius 1 is 1.25 bits per heavy atom. The fraction of sp³-hybridized carbons (Fsp3) is 0.429. The predicted molar refractivity (Wildman–Crippen MR) is 76.6 cm³/mol. The Labute approximate surface area is 122 Å². The minimum Gasteiger partial charge on any atom is -0.452 e. The van der Waals surface area contributed by atoms with Crippen molar-refractivity contribution in [3.63, 3.8) is 0 Å². The molecule has 0 spiro atoms. The lowest BCUT2D eigenvalue weighted by molar-refractivity contribution is -0.135. The molecule has 0 aliphatic carbocycles. The summed E-state index contributed by atoms with van der Waals surface area (Å²) in [5.41, 5.74) is 6.22. The molecule has 0 saturated carbocycles. The lowest BCUT2D eigenvalue weighted by Gasteiger charge is -2.26. The maximum absolute atomic E-state index is 11.9. The van der Waals surface area contributed by atoms with Crippen LogP contribution in [0.2, 0.25) is 5.02 Å². The number of halogens is 1. The molecule has 0 unspecified atom stereocenters. The van der Waals surface area contributed by atoms with Crippen molar-refractivity contribution in [2.24, 2.45) is 0 Å². The van der Waals surface area contributed by atoms with Crippen LogP contribution in [0.3, 0.4) is 0 Å².